The SMILES string of the molecule is CC(Oc1ccccc1)C(=O)NNC(=O)COc1ccc(Cl)cc1Br. The minimum absolute atomic E-state index is 0.269. The monoisotopic (exact) mass is 426 g/mol. The lowest BCUT2D eigenvalue weighted by molar-refractivity contribution is -0.133. The van der Waals surface area contributed by atoms with Crippen molar-refractivity contribution in [2.75, 3.05) is 6.61 Å². The second-order valence-corrected chi connectivity index (χ2v) is 6.26. The van der Waals surface area contributed by atoms with Gasteiger partial charge in [0.1, 0.15) is 11.5 Å². The minimum Gasteiger partial charge on any atom is -0.483 e. The van der Waals surface area contributed by atoms with Crippen molar-refractivity contribution in [2.45, 2.75) is 13.0 Å². The fourth-order valence-corrected chi connectivity index (χ4v) is 2.56. The summed E-state index contributed by atoms with van der Waals surface area (Å²) in [6.07, 6.45) is -0.769. The molecular weight excluding hydrogens is 412 g/mol. The lowest BCUT2D eigenvalue weighted by atomic mass is 10.3. The Bertz CT molecular complexity index is 743. The van der Waals surface area contributed by atoms with Crippen LogP contribution in [0, 0.1) is 0 Å². The molecule has 0 aliphatic heterocycles. The van der Waals surface area contributed by atoms with Gasteiger partial charge >= 0.3 is 0 Å². The number of para-hydroxylation sites is 1. The van der Waals surface area contributed by atoms with Crippen molar-refractivity contribution in [3.05, 3.63) is 58.0 Å². The highest BCUT2D eigenvalue weighted by Crippen LogP contribution is 2.27. The normalized spacial score (nSPS) is 11.3. The maximum Gasteiger partial charge on any atom is 0.279 e. The number of hydrogen-bond acceptors (Lipinski definition) is 4. The summed E-state index contributed by atoms with van der Waals surface area (Å²) in [6.45, 7) is 1.31. The summed E-state index contributed by atoms with van der Waals surface area (Å²) < 4.78 is 11.4. The Hall–Kier alpha value is -2.25. The molecule has 0 aromatic heterocycles. The molecule has 0 saturated heterocycles. The van der Waals surface area contributed by atoms with E-state index in [0.29, 0.717) is 21.0 Å². The first-order valence-corrected chi connectivity index (χ1v) is 8.51. The van der Waals surface area contributed by atoms with E-state index in [0.717, 1.165) is 0 Å². The number of amides is 2. The minimum atomic E-state index is -0.769. The predicted molar refractivity (Wildman–Crippen MR) is 97.5 cm³/mol. The lowest BCUT2D eigenvalue weighted by Crippen LogP contribution is -2.48. The molecule has 0 radical (unpaired) electrons. The number of hydrogen-bond donors (Lipinski definition) is 2. The molecule has 132 valence electrons. The van der Waals surface area contributed by atoms with Gasteiger partial charge in [0, 0.05) is 5.02 Å². The molecule has 0 fully saturated rings. The molecule has 25 heavy (non-hydrogen) atoms. The Morgan fingerprint density at radius 1 is 1.16 bits per heavy atom. The summed E-state index contributed by atoms with van der Waals surface area (Å²) in [6, 6.07) is 13.8. The molecule has 1 atom stereocenters. The molecule has 6 nitrogen and oxygen atoms in total. The highest BCUT2D eigenvalue weighted by atomic mass is 79.9. The molecule has 2 aromatic carbocycles. The third kappa shape index (κ3) is 6.28. The van der Waals surface area contributed by atoms with Gasteiger partial charge in [-0.25, -0.2) is 0 Å². The van der Waals surface area contributed by atoms with Gasteiger partial charge in [-0.1, -0.05) is 29.8 Å². The molecule has 8 heteroatoms. The van der Waals surface area contributed by atoms with Crippen LogP contribution in [-0.2, 0) is 9.59 Å². The third-order valence-electron chi connectivity index (χ3n) is 3.00. The highest BCUT2D eigenvalue weighted by molar-refractivity contribution is 9.10. The highest BCUT2D eigenvalue weighted by Gasteiger charge is 2.15. The van der Waals surface area contributed by atoms with Gasteiger partial charge < -0.3 is 9.47 Å². The summed E-state index contributed by atoms with van der Waals surface area (Å²) in [7, 11) is 0. The van der Waals surface area contributed by atoms with E-state index in [4.69, 9.17) is 21.1 Å². The first kappa shape index (κ1) is 19.1. The van der Waals surface area contributed by atoms with Crippen LogP contribution in [0.4, 0.5) is 0 Å². The summed E-state index contributed by atoms with van der Waals surface area (Å²) in [5.74, 6) is 0.0334. The molecule has 2 rings (SSSR count). The zero-order valence-corrected chi connectivity index (χ0v) is 15.6. The molecule has 0 spiro atoms. The van der Waals surface area contributed by atoms with E-state index in [1.807, 2.05) is 6.07 Å². The Balaban J connectivity index is 1.74. The van der Waals surface area contributed by atoms with Gasteiger partial charge in [0.15, 0.2) is 12.7 Å². The first-order valence-electron chi connectivity index (χ1n) is 7.34. The van der Waals surface area contributed by atoms with Crippen LogP contribution in [0.3, 0.4) is 0 Å². The summed E-state index contributed by atoms with van der Waals surface area (Å²) >= 11 is 9.11. The van der Waals surface area contributed by atoms with Crippen LogP contribution in [0.15, 0.2) is 53.0 Å². The first-order chi connectivity index (χ1) is 12.0. The third-order valence-corrected chi connectivity index (χ3v) is 3.86. The largest absolute Gasteiger partial charge is 0.483 e. The van der Waals surface area contributed by atoms with Crippen molar-refractivity contribution in [3.63, 3.8) is 0 Å². The van der Waals surface area contributed by atoms with E-state index in [2.05, 4.69) is 26.8 Å². The number of carbonyl (C=O) groups is 2. The molecular formula is C17H16BrClN2O4. The molecule has 0 saturated carbocycles. The number of rotatable bonds is 6. The van der Waals surface area contributed by atoms with Gasteiger partial charge in [-0.15, -0.1) is 0 Å². The fourth-order valence-electron chi connectivity index (χ4n) is 1.76. The lowest BCUT2D eigenvalue weighted by Gasteiger charge is -2.15. The Kier molecular flexibility index (Phi) is 7.09. The molecule has 0 bridgehead atoms. The zero-order chi connectivity index (χ0) is 18.2. The van der Waals surface area contributed by atoms with Crippen molar-refractivity contribution < 1.29 is 19.1 Å². The maximum atomic E-state index is 11.9. The van der Waals surface area contributed by atoms with Crippen molar-refractivity contribution in [3.8, 4) is 11.5 Å². The van der Waals surface area contributed by atoms with Crippen LogP contribution in [0.5, 0.6) is 11.5 Å². The molecule has 2 aromatic rings. The van der Waals surface area contributed by atoms with Gasteiger partial charge in [0.25, 0.3) is 11.8 Å². The Labute approximate surface area is 158 Å². The number of hydrazine groups is 1. The summed E-state index contributed by atoms with van der Waals surface area (Å²) in [4.78, 5) is 23.7. The van der Waals surface area contributed by atoms with Gasteiger partial charge in [0.2, 0.25) is 0 Å². The van der Waals surface area contributed by atoms with Gasteiger partial charge in [-0.3, -0.25) is 20.4 Å². The molecule has 2 N–H and O–H groups in total. The number of benzene rings is 2. The number of halogens is 2. The second-order valence-electron chi connectivity index (χ2n) is 4.97. The molecule has 2 amide bonds. The summed E-state index contributed by atoms with van der Waals surface area (Å²) in [5.41, 5.74) is 4.55. The average Bonchev–Trinajstić information content (AvgIpc) is 2.59. The van der Waals surface area contributed by atoms with E-state index in [1.165, 1.54) is 0 Å². The van der Waals surface area contributed by atoms with Crippen LogP contribution in [0.2, 0.25) is 5.02 Å². The Morgan fingerprint density at radius 2 is 1.88 bits per heavy atom. The quantitative estimate of drug-likeness (QED) is 0.695. The van der Waals surface area contributed by atoms with E-state index < -0.39 is 17.9 Å². The van der Waals surface area contributed by atoms with Gasteiger partial charge in [-0.2, -0.15) is 0 Å². The van der Waals surface area contributed by atoms with Gasteiger partial charge in [0.05, 0.1) is 4.47 Å². The number of ether oxygens (including phenoxy) is 2. The van der Waals surface area contributed by atoms with Crippen LogP contribution in [0.1, 0.15) is 6.92 Å². The number of carbonyl (C=O) groups excluding carboxylic acids is 2. The second kappa shape index (κ2) is 9.29. The average molecular weight is 428 g/mol. The topological polar surface area (TPSA) is 76.7 Å². The van der Waals surface area contributed by atoms with E-state index in [1.54, 1.807) is 49.4 Å². The molecule has 0 heterocycles. The number of nitrogens with one attached hydrogen (secondary N) is 2. The van der Waals surface area contributed by atoms with Crippen LogP contribution in [0.25, 0.3) is 0 Å². The van der Waals surface area contributed by atoms with Gasteiger partial charge in [-0.05, 0) is 53.2 Å². The smallest absolute Gasteiger partial charge is 0.279 e. The van der Waals surface area contributed by atoms with Crippen molar-refractivity contribution in [2.24, 2.45) is 0 Å². The predicted octanol–water partition coefficient (Wildman–Crippen LogP) is 3.10. The van der Waals surface area contributed by atoms with E-state index in [-0.39, 0.29) is 6.61 Å². The van der Waals surface area contributed by atoms with E-state index in [9.17, 15) is 9.59 Å². The molecule has 0 aliphatic rings. The zero-order valence-electron chi connectivity index (χ0n) is 13.3. The molecule has 0 aliphatic carbocycles. The van der Waals surface area contributed by atoms with Crippen molar-refractivity contribution >= 4 is 39.3 Å². The van der Waals surface area contributed by atoms with Crippen LogP contribution < -0.4 is 20.3 Å². The Morgan fingerprint density at radius 3 is 2.56 bits per heavy atom. The van der Waals surface area contributed by atoms with Crippen molar-refractivity contribution in [1.82, 2.24) is 10.9 Å². The standard InChI is InChI=1S/C17H16BrClN2O4/c1-11(25-13-5-3-2-4-6-13)17(23)21-20-16(22)10-24-15-8-7-12(19)9-14(15)18/h2-9,11H,10H2,1H3,(H,20,22)(H,21,23). The summed E-state index contributed by atoms with van der Waals surface area (Å²) in [5, 5.41) is 0.545. The fraction of sp³-hybridized carbons (Fsp3) is 0.176. The van der Waals surface area contributed by atoms with Crippen LogP contribution in [-0.4, -0.2) is 24.5 Å². The molecule has 1 unspecified atom stereocenters. The van der Waals surface area contributed by atoms with Crippen LogP contribution >= 0.6 is 27.5 Å². The van der Waals surface area contributed by atoms with E-state index >= 15 is 0 Å². The van der Waals surface area contributed by atoms with Crippen molar-refractivity contribution in [1.29, 1.82) is 0 Å². The maximum absolute atomic E-state index is 11.9.